The maximum Gasteiger partial charge on any atom is 0.280 e. The van der Waals surface area contributed by atoms with Crippen LogP contribution in [0.2, 0.25) is 0 Å². The molecule has 2 aromatic carbocycles. The number of ether oxygens (including phenoxy) is 3. The lowest BCUT2D eigenvalue weighted by Crippen LogP contribution is -2.21. The van der Waals surface area contributed by atoms with E-state index in [2.05, 4.69) is 20.9 Å². The molecule has 3 aromatic rings. The second-order valence-electron chi connectivity index (χ2n) is 6.28. The summed E-state index contributed by atoms with van der Waals surface area (Å²) in [4.78, 5) is 24.9. The van der Waals surface area contributed by atoms with Gasteiger partial charge in [0.15, 0.2) is 11.5 Å². The van der Waals surface area contributed by atoms with Gasteiger partial charge in [-0.05, 0) is 36.4 Å². The molecule has 0 unspecified atom stereocenters. The maximum absolute atomic E-state index is 12.6. The highest BCUT2D eigenvalue weighted by Crippen LogP contribution is 2.29. The van der Waals surface area contributed by atoms with Gasteiger partial charge in [0.25, 0.3) is 5.91 Å². The summed E-state index contributed by atoms with van der Waals surface area (Å²) in [6, 6.07) is 11.7. The Morgan fingerprint density at radius 2 is 1.65 bits per heavy atom. The average molecular weight is 426 g/mol. The first-order valence-electron chi connectivity index (χ1n) is 9.11. The number of hydrogen-bond acceptors (Lipinski definition) is 8. The Bertz CT molecular complexity index is 1080. The number of nitrogens with zero attached hydrogens (tertiary/aromatic N) is 3. The zero-order valence-electron chi connectivity index (χ0n) is 17.2. The molecule has 162 valence electrons. The number of methoxy groups -OCH3 is 3. The number of carbonyl (C=O) groups is 2. The predicted molar refractivity (Wildman–Crippen MR) is 114 cm³/mol. The first-order chi connectivity index (χ1) is 14.9. The van der Waals surface area contributed by atoms with Gasteiger partial charge in [-0.3, -0.25) is 9.59 Å². The second kappa shape index (κ2) is 9.48. The molecule has 0 radical (unpaired) electrons. The highest BCUT2D eigenvalue weighted by Gasteiger charge is 2.20. The molecular weight excluding hydrogens is 404 g/mol. The minimum Gasteiger partial charge on any atom is -0.497 e. The van der Waals surface area contributed by atoms with Crippen LogP contribution in [-0.2, 0) is 11.3 Å². The summed E-state index contributed by atoms with van der Waals surface area (Å²) in [6.07, 6.45) is 0. The number of anilines is 3. The SMILES string of the molecule is COc1ccc(NC(=O)Cn2nnc(C(=O)Nc3ccc(OC)cc3OC)c2N)cc1. The lowest BCUT2D eigenvalue weighted by Gasteiger charge is -2.11. The second-order valence-corrected chi connectivity index (χ2v) is 6.28. The summed E-state index contributed by atoms with van der Waals surface area (Å²) in [6.45, 7) is -0.218. The quantitative estimate of drug-likeness (QED) is 0.495. The fourth-order valence-electron chi connectivity index (χ4n) is 2.69. The van der Waals surface area contributed by atoms with E-state index in [1.54, 1.807) is 49.6 Å². The number of aromatic nitrogens is 3. The molecule has 0 aliphatic heterocycles. The Labute approximate surface area is 178 Å². The Morgan fingerprint density at radius 3 is 2.29 bits per heavy atom. The molecule has 0 spiro atoms. The number of amides is 2. The third-order valence-electron chi connectivity index (χ3n) is 4.31. The molecule has 0 saturated heterocycles. The third kappa shape index (κ3) is 5.01. The Kier molecular flexibility index (Phi) is 6.55. The van der Waals surface area contributed by atoms with E-state index in [1.165, 1.54) is 14.2 Å². The topological polar surface area (TPSA) is 143 Å². The maximum atomic E-state index is 12.6. The third-order valence-corrected chi connectivity index (χ3v) is 4.31. The normalized spacial score (nSPS) is 10.3. The first kappa shape index (κ1) is 21.4. The van der Waals surface area contributed by atoms with E-state index >= 15 is 0 Å². The van der Waals surface area contributed by atoms with Crippen LogP contribution in [0.4, 0.5) is 17.2 Å². The first-order valence-corrected chi connectivity index (χ1v) is 9.11. The van der Waals surface area contributed by atoms with Crippen molar-refractivity contribution in [3.63, 3.8) is 0 Å². The molecular formula is C20H22N6O5. The van der Waals surface area contributed by atoms with E-state index in [1.807, 2.05) is 0 Å². The highest BCUT2D eigenvalue weighted by atomic mass is 16.5. The number of rotatable bonds is 8. The molecule has 0 aliphatic rings. The fraction of sp³-hybridized carbons (Fsp3) is 0.200. The van der Waals surface area contributed by atoms with Crippen molar-refractivity contribution in [3.8, 4) is 17.2 Å². The van der Waals surface area contributed by atoms with Gasteiger partial charge in [-0.25, -0.2) is 4.68 Å². The van der Waals surface area contributed by atoms with E-state index in [-0.39, 0.29) is 24.0 Å². The number of benzene rings is 2. The van der Waals surface area contributed by atoms with Crippen LogP contribution >= 0.6 is 0 Å². The van der Waals surface area contributed by atoms with Crippen LogP contribution in [0.5, 0.6) is 17.2 Å². The van der Waals surface area contributed by atoms with Gasteiger partial charge in [-0.1, -0.05) is 5.21 Å². The molecule has 0 aliphatic carbocycles. The molecule has 0 bridgehead atoms. The molecule has 31 heavy (non-hydrogen) atoms. The number of nitrogen functional groups attached to an aromatic ring is 1. The minimum absolute atomic E-state index is 0.0464. The standard InChI is InChI=1S/C20H22N6O5/c1-29-13-6-4-12(5-7-13)22-17(27)11-26-19(21)18(24-25-26)20(28)23-15-9-8-14(30-2)10-16(15)31-3/h4-10H,11,21H2,1-3H3,(H,22,27)(H,23,28). The molecule has 11 heteroatoms. The zero-order valence-corrected chi connectivity index (χ0v) is 17.2. The van der Waals surface area contributed by atoms with E-state index in [4.69, 9.17) is 19.9 Å². The van der Waals surface area contributed by atoms with Crippen molar-refractivity contribution < 1.29 is 23.8 Å². The Morgan fingerprint density at radius 1 is 0.968 bits per heavy atom. The van der Waals surface area contributed by atoms with Crippen molar-refractivity contribution in [1.29, 1.82) is 0 Å². The van der Waals surface area contributed by atoms with Gasteiger partial charge >= 0.3 is 0 Å². The fourth-order valence-corrected chi connectivity index (χ4v) is 2.69. The summed E-state index contributed by atoms with van der Waals surface area (Å²) >= 11 is 0. The lowest BCUT2D eigenvalue weighted by atomic mass is 10.2. The molecule has 1 aromatic heterocycles. The van der Waals surface area contributed by atoms with Crippen molar-refractivity contribution in [3.05, 3.63) is 48.2 Å². The minimum atomic E-state index is -0.595. The summed E-state index contributed by atoms with van der Waals surface area (Å²) in [5.41, 5.74) is 6.85. The van der Waals surface area contributed by atoms with Gasteiger partial charge in [0.2, 0.25) is 5.91 Å². The molecule has 2 amide bonds. The van der Waals surface area contributed by atoms with E-state index in [9.17, 15) is 9.59 Å². The van der Waals surface area contributed by atoms with E-state index in [0.29, 0.717) is 28.6 Å². The van der Waals surface area contributed by atoms with E-state index < -0.39 is 5.91 Å². The van der Waals surface area contributed by atoms with Crippen molar-refractivity contribution in [1.82, 2.24) is 15.0 Å². The number of hydrogen-bond donors (Lipinski definition) is 3. The van der Waals surface area contributed by atoms with Gasteiger partial charge in [-0.2, -0.15) is 0 Å². The molecule has 4 N–H and O–H groups in total. The number of carbonyl (C=O) groups excluding carboxylic acids is 2. The summed E-state index contributed by atoms with van der Waals surface area (Å²) in [5.74, 6) is 0.617. The number of nitrogens with one attached hydrogen (secondary N) is 2. The molecule has 0 atom stereocenters. The van der Waals surface area contributed by atoms with Crippen LogP contribution in [0.1, 0.15) is 10.5 Å². The van der Waals surface area contributed by atoms with Crippen LogP contribution < -0.4 is 30.6 Å². The van der Waals surface area contributed by atoms with Crippen LogP contribution in [0.15, 0.2) is 42.5 Å². The highest BCUT2D eigenvalue weighted by molar-refractivity contribution is 6.06. The molecule has 0 fully saturated rings. The van der Waals surface area contributed by atoms with Crippen molar-refractivity contribution in [2.45, 2.75) is 6.54 Å². The lowest BCUT2D eigenvalue weighted by molar-refractivity contribution is -0.116. The molecule has 0 saturated carbocycles. The predicted octanol–water partition coefficient (Wildman–Crippen LogP) is 1.78. The smallest absolute Gasteiger partial charge is 0.280 e. The van der Waals surface area contributed by atoms with Gasteiger partial charge in [0.05, 0.1) is 27.0 Å². The largest absolute Gasteiger partial charge is 0.497 e. The van der Waals surface area contributed by atoms with Crippen LogP contribution in [0.25, 0.3) is 0 Å². The van der Waals surface area contributed by atoms with Crippen LogP contribution in [0, 0.1) is 0 Å². The summed E-state index contributed by atoms with van der Waals surface area (Å²) < 4.78 is 16.6. The van der Waals surface area contributed by atoms with Crippen LogP contribution in [0.3, 0.4) is 0 Å². The van der Waals surface area contributed by atoms with Gasteiger partial charge in [0.1, 0.15) is 23.8 Å². The summed E-state index contributed by atoms with van der Waals surface area (Å²) in [5, 5.41) is 13.0. The Balaban J connectivity index is 1.67. The molecule has 3 rings (SSSR count). The van der Waals surface area contributed by atoms with Crippen molar-refractivity contribution >= 4 is 29.0 Å². The van der Waals surface area contributed by atoms with E-state index in [0.717, 1.165) is 4.68 Å². The molecule has 11 nitrogen and oxygen atoms in total. The summed E-state index contributed by atoms with van der Waals surface area (Å²) in [7, 11) is 4.55. The molecule has 1 heterocycles. The van der Waals surface area contributed by atoms with Gasteiger partial charge in [-0.15, -0.1) is 5.10 Å². The average Bonchev–Trinajstić information content (AvgIpc) is 3.14. The van der Waals surface area contributed by atoms with Crippen molar-refractivity contribution in [2.24, 2.45) is 0 Å². The number of nitrogens with two attached hydrogens (primary N) is 1. The van der Waals surface area contributed by atoms with Crippen LogP contribution in [-0.4, -0.2) is 48.1 Å². The van der Waals surface area contributed by atoms with Crippen molar-refractivity contribution in [2.75, 3.05) is 37.7 Å². The zero-order chi connectivity index (χ0) is 22.4. The monoisotopic (exact) mass is 426 g/mol. The van der Waals surface area contributed by atoms with Gasteiger partial charge in [0, 0.05) is 11.8 Å². The Hall–Kier alpha value is -4.28. The van der Waals surface area contributed by atoms with Gasteiger partial charge < -0.3 is 30.6 Å².